The summed E-state index contributed by atoms with van der Waals surface area (Å²) in [4.78, 5) is 0.958. The average Bonchev–Trinajstić information content (AvgIpc) is 2.87. The molecule has 1 saturated carbocycles. The smallest absolute Gasteiger partial charge is 0.113 e. The summed E-state index contributed by atoms with van der Waals surface area (Å²) < 4.78 is 2.02. The van der Waals surface area contributed by atoms with Crippen LogP contribution in [-0.4, -0.2) is 5.11 Å². The lowest BCUT2D eigenvalue weighted by molar-refractivity contribution is 0.224. The van der Waals surface area contributed by atoms with E-state index in [9.17, 15) is 5.11 Å². The summed E-state index contributed by atoms with van der Waals surface area (Å²) in [5.41, 5.74) is 2.40. The Kier molecular flexibility index (Phi) is 5.20. The number of hydrogen-bond donors (Lipinski definition) is 1. The van der Waals surface area contributed by atoms with Crippen LogP contribution in [0.3, 0.4) is 0 Å². The van der Waals surface area contributed by atoms with Crippen molar-refractivity contribution in [3.05, 3.63) is 54.6 Å². The molecule has 0 bridgehead atoms. The van der Waals surface area contributed by atoms with Crippen LogP contribution >= 0.6 is 43.2 Å². The van der Waals surface area contributed by atoms with Crippen molar-refractivity contribution in [3.8, 4) is 0 Å². The number of hydrogen-bond acceptors (Lipinski definition) is 2. The molecule has 0 radical (unpaired) electrons. The van der Waals surface area contributed by atoms with Crippen molar-refractivity contribution in [2.75, 3.05) is 0 Å². The predicted octanol–water partition coefficient (Wildman–Crippen LogP) is 6.40. The number of rotatable bonds is 3. The van der Waals surface area contributed by atoms with Gasteiger partial charge in [0.1, 0.15) is 6.10 Å². The van der Waals surface area contributed by atoms with Gasteiger partial charge in [0.15, 0.2) is 0 Å². The van der Waals surface area contributed by atoms with E-state index in [1.165, 1.54) is 37.7 Å². The first-order chi connectivity index (χ1) is 10.1. The van der Waals surface area contributed by atoms with Crippen molar-refractivity contribution in [3.63, 3.8) is 0 Å². The van der Waals surface area contributed by atoms with Crippen LogP contribution < -0.4 is 0 Å². The number of aliphatic hydroxyl groups is 1. The van der Waals surface area contributed by atoms with Crippen LogP contribution in [0, 0.1) is 0 Å². The molecule has 1 aliphatic rings. The van der Waals surface area contributed by atoms with Gasteiger partial charge in [0.25, 0.3) is 0 Å². The molecular formula is C17H18Br2OS. The normalized spacial score (nSPS) is 17.9. The van der Waals surface area contributed by atoms with Gasteiger partial charge in [-0.1, -0.05) is 43.5 Å². The molecule has 1 N–H and O–H groups in total. The largest absolute Gasteiger partial charge is 0.383 e. The number of aliphatic hydroxyl groups excluding tert-OH is 1. The Bertz CT molecular complexity index is 580. The molecule has 1 aliphatic carbocycles. The fourth-order valence-corrected chi connectivity index (χ4v) is 5.15. The SMILES string of the molecule is OC(c1ccc(C2CCCCC2)cc1)c1cc(Br)c(Br)s1. The maximum absolute atomic E-state index is 10.5. The first-order valence-electron chi connectivity index (χ1n) is 7.38. The van der Waals surface area contributed by atoms with Gasteiger partial charge in [0, 0.05) is 9.35 Å². The Morgan fingerprint density at radius 1 is 1.05 bits per heavy atom. The van der Waals surface area contributed by atoms with Crippen molar-refractivity contribution < 1.29 is 5.11 Å². The van der Waals surface area contributed by atoms with Crippen LogP contribution in [0.4, 0.5) is 0 Å². The van der Waals surface area contributed by atoms with Gasteiger partial charge in [-0.15, -0.1) is 11.3 Å². The third kappa shape index (κ3) is 3.61. The molecule has 1 aromatic heterocycles. The first kappa shape index (κ1) is 15.7. The summed E-state index contributed by atoms with van der Waals surface area (Å²) in [5.74, 6) is 0.718. The third-order valence-corrected chi connectivity index (χ3v) is 7.57. The fourth-order valence-electron chi connectivity index (χ4n) is 3.05. The van der Waals surface area contributed by atoms with Crippen molar-refractivity contribution >= 4 is 43.2 Å². The van der Waals surface area contributed by atoms with Crippen molar-refractivity contribution in [1.82, 2.24) is 0 Å². The van der Waals surface area contributed by atoms with Gasteiger partial charge < -0.3 is 5.11 Å². The van der Waals surface area contributed by atoms with E-state index in [1.54, 1.807) is 11.3 Å². The Hall–Kier alpha value is -0.160. The maximum atomic E-state index is 10.5. The minimum absolute atomic E-state index is 0.544. The molecule has 1 atom stereocenters. The molecule has 0 aliphatic heterocycles. The van der Waals surface area contributed by atoms with E-state index in [0.29, 0.717) is 0 Å². The maximum Gasteiger partial charge on any atom is 0.113 e. The van der Waals surface area contributed by atoms with Gasteiger partial charge in [-0.25, -0.2) is 0 Å². The first-order valence-corrected chi connectivity index (χ1v) is 9.78. The van der Waals surface area contributed by atoms with Gasteiger partial charge >= 0.3 is 0 Å². The minimum Gasteiger partial charge on any atom is -0.383 e. The molecule has 112 valence electrons. The number of halogens is 2. The zero-order valence-corrected chi connectivity index (χ0v) is 15.7. The lowest BCUT2D eigenvalue weighted by atomic mass is 9.84. The molecule has 21 heavy (non-hydrogen) atoms. The van der Waals surface area contributed by atoms with Gasteiger partial charge in [-0.05, 0) is 67.8 Å². The van der Waals surface area contributed by atoms with E-state index in [2.05, 4.69) is 56.1 Å². The Labute approximate surface area is 146 Å². The molecule has 1 nitrogen and oxygen atoms in total. The zero-order chi connectivity index (χ0) is 14.8. The number of benzene rings is 1. The topological polar surface area (TPSA) is 20.2 Å². The van der Waals surface area contributed by atoms with Crippen LogP contribution in [0.5, 0.6) is 0 Å². The van der Waals surface area contributed by atoms with Gasteiger partial charge in [0.05, 0.1) is 3.79 Å². The summed E-state index contributed by atoms with van der Waals surface area (Å²) in [6, 6.07) is 10.5. The Morgan fingerprint density at radius 2 is 1.71 bits per heavy atom. The zero-order valence-electron chi connectivity index (χ0n) is 11.7. The lowest BCUT2D eigenvalue weighted by Gasteiger charge is -2.22. The quantitative estimate of drug-likeness (QED) is 0.598. The Balaban J connectivity index is 1.76. The molecule has 1 fully saturated rings. The summed E-state index contributed by atoms with van der Waals surface area (Å²) in [7, 11) is 0. The van der Waals surface area contributed by atoms with E-state index >= 15 is 0 Å². The summed E-state index contributed by atoms with van der Waals surface area (Å²) >= 11 is 8.52. The highest BCUT2D eigenvalue weighted by molar-refractivity contribution is 9.13. The van der Waals surface area contributed by atoms with E-state index < -0.39 is 6.10 Å². The standard InChI is InChI=1S/C17H18Br2OS/c18-14-10-15(21-17(14)19)16(20)13-8-6-12(7-9-13)11-4-2-1-3-5-11/h6-11,16,20H,1-5H2. The molecule has 4 heteroatoms. The summed E-state index contributed by atoms with van der Waals surface area (Å²) in [6.45, 7) is 0. The lowest BCUT2D eigenvalue weighted by Crippen LogP contribution is -2.05. The van der Waals surface area contributed by atoms with Crippen LogP contribution in [0.15, 0.2) is 38.6 Å². The highest BCUT2D eigenvalue weighted by Gasteiger charge is 2.18. The van der Waals surface area contributed by atoms with E-state index in [1.807, 2.05) is 6.07 Å². The molecule has 1 aromatic carbocycles. The molecule has 3 rings (SSSR count). The summed E-state index contributed by atoms with van der Waals surface area (Å²) in [6.07, 6.45) is 6.17. The van der Waals surface area contributed by atoms with Crippen LogP contribution in [-0.2, 0) is 0 Å². The van der Waals surface area contributed by atoms with Gasteiger partial charge in [-0.2, -0.15) is 0 Å². The minimum atomic E-state index is -0.544. The second-order valence-electron chi connectivity index (χ2n) is 5.67. The monoisotopic (exact) mass is 428 g/mol. The van der Waals surface area contributed by atoms with E-state index in [4.69, 9.17) is 0 Å². The molecule has 1 unspecified atom stereocenters. The second-order valence-corrected chi connectivity index (χ2v) is 8.93. The van der Waals surface area contributed by atoms with E-state index in [-0.39, 0.29) is 0 Å². The molecule has 1 heterocycles. The van der Waals surface area contributed by atoms with Crippen LogP contribution in [0.25, 0.3) is 0 Å². The van der Waals surface area contributed by atoms with E-state index in [0.717, 1.165) is 24.6 Å². The van der Waals surface area contributed by atoms with Gasteiger partial charge in [-0.3, -0.25) is 0 Å². The van der Waals surface area contributed by atoms with Crippen LogP contribution in [0.2, 0.25) is 0 Å². The van der Waals surface area contributed by atoms with Gasteiger partial charge in [0.2, 0.25) is 0 Å². The van der Waals surface area contributed by atoms with Crippen molar-refractivity contribution in [2.45, 2.75) is 44.1 Å². The third-order valence-electron chi connectivity index (χ3n) is 4.26. The molecule has 0 amide bonds. The Morgan fingerprint density at radius 3 is 2.29 bits per heavy atom. The fraction of sp³-hybridized carbons (Fsp3) is 0.412. The second kappa shape index (κ2) is 6.95. The molecule has 0 saturated heterocycles. The van der Waals surface area contributed by atoms with Crippen molar-refractivity contribution in [2.24, 2.45) is 0 Å². The average molecular weight is 430 g/mol. The highest BCUT2D eigenvalue weighted by Crippen LogP contribution is 2.38. The summed E-state index contributed by atoms with van der Waals surface area (Å²) in [5, 5.41) is 10.5. The molecular weight excluding hydrogens is 412 g/mol. The number of thiophene rings is 1. The highest BCUT2D eigenvalue weighted by atomic mass is 79.9. The van der Waals surface area contributed by atoms with Crippen LogP contribution in [0.1, 0.15) is 60.1 Å². The predicted molar refractivity (Wildman–Crippen MR) is 96.0 cm³/mol. The van der Waals surface area contributed by atoms with Crippen molar-refractivity contribution in [1.29, 1.82) is 0 Å². The molecule has 0 spiro atoms. The molecule has 2 aromatic rings.